The van der Waals surface area contributed by atoms with Crippen LogP contribution in [0.15, 0.2) is 138 Å². The number of rotatable bonds is 3. The standard InChI is InChI=1S/C42H29N3O/c1-26-10-8-18-38-41(26)33-13-3-6-17-36(33)44(38)28-21-23-40(43-25-28)45-35-16-5-2-11-30(35)34-24-27(20-22-37(34)45)29-14-9-15-32-31-12-4-7-19-39(31)46-42(29)32/h2-9,11-26H,10H2,1H3. The van der Waals surface area contributed by atoms with Gasteiger partial charge in [-0.25, -0.2) is 4.98 Å². The maximum Gasteiger partial charge on any atom is 0.143 e. The van der Waals surface area contributed by atoms with E-state index in [0.29, 0.717) is 5.92 Å². The third-order valence-corrected chi connectivity index (χ3v) is 9.82. The predicted octanol–water partition coefficient (Wildman–Crippen LogP) is 11.2. The first-order chi connectivity index (χ1) is 22.7. The molecule has 1 aliphatic rings. The lowest BCUT2D eigenvalue weighted by molar-refractivity contribution is 0.670. The van der Waals surface area contributed by atoms with E-state index in [0.717, 1.165) is 62.0 Å². The Hall–Kier alpha value is -5.87. The first-order valence-electron chi connectivity index (χ1n) is 15.9. The zero-order chi connectivity index (χ0) is 30.4. The summed E-state index contributed by atoms with van der Waals surface area (Å²) in [6.07, 6.45) is 7.67. The number of hydrogen-bond donors (Lipinski definition) is 0. The molecule has 1 unspecified atom stereocenters. The second kappa shape index (κ2) is 9.56. The molecule has 46 heavy (non-hydrogen) atoms. The normalized spacial score (nSPS) is 14.7. The van der Waals surface area contributed by atoms with Crippen molar-refractivity contribution in [2.24, 2.45) is 0 Å². The number of aromatic nitrogens is 3. The van der Waals surface area contributed by atoms with E-state index in [9.17, 15) is 0 Å². The fraction of sp³-hybridized carbons (Fsp3) is 0.0714. The lowest BCUT2D eigenvalue weighted by atomic mass is 9.91. The Kier molecular flexibility index (Phi) is 5.29. The van der Waals surface area contributed by atoms with Crippen LogP contribution in [0.5, 0.6) is 0 Å². The summed E-state index contributed by atoms with van der Waals surface area (Å²) in [7, 11) is 0. The zero-order valence-corrected chi connectivity index (χ0v) is 25.3. The fourth-order valence-electron chi connectivity index (χ4n) is 7.75. The molecule has 1 atom stereocenters. The number of allylic oxidation sites excluding steroid dienone is 1. The summed E-state index contributed by atoms with van der Waals surface area (Å²) in [6.45, 7) is 2.32. The molecule has 0 amide bonds. The molecule has 4 heterocycles. The van der Waals surface area contributed by atoms with Gasteiger partial charge in [0.05, 0.1) is 34.1 Å². The third-order valence-electron chi connectivity index (χ3n) is 9.82. The van der Waals surface area contributed by atoms with Gasteiger partial charge in [-0.2, -0.15) is 0 Å². The van der Waals surface area contributed by atoms with Crippen molar-refractivity contribution in [2.75, 3.05) is 0 Å². The van der Waals surface area contributed by atoms with Crippen LogP contribution in [0.1, 0.15) is 30.5 Å². The first kappa shape index (κ1) is 25.5. The van der Waals surface area contributed by atoms with Crippen molar-refractivity contribution in [1.29, 1.82) is 0 Å². The van der Waals surface area contributed by atoms with Crippen molar-refractivity contribution >= 4 is 60.7 Å². The monoisotopic (exact) mass is 591 g/mol. The molecule has 4 aromatic heterocycles. The molecular weight excluding hydrogens is 562 g/mol. The van der Waals surface area contributed by atoms with Gasteiger partial charge in [0.2, 0.25) is 0 Å². The lowest BCUT2D eigenvalue weighted by Gasteiger charge is -2.17. The molecule has 0 spiro atoms. The largest absolute Gasteiger partial charge is 0.455 e. The number of para-hydroxylation sites is 4. The average molecular weight is 592 g/mol. The van der Waals surface area contributed by atoms with Gasteiger partial charge in [-0.15, -0.1) is 0 Å². The highest BCUT2D eigenvalue weighted by atomic mass is 16.3. The number of nitrogens with zero attached hydrogens (tertiary/aromatic N) is 3. The van der Waals surface area contributed by atoms with E-state index in [1.165, 1.54) is 32.9 Å². The van der Waals surface area contributed by atoms with E-state index in [1.807, 2.05) is 18.3 Å². The highest BCUT2D eigenvalue weighted by Crippen LogP contribution is 2.41. The van der Waals surface area contributed by atoms with Gasteiger partial charge in [-0.3, -0.25) is 4.57 Å². The minimum absolute atomic E-state index is 0.486. The van der Waals surface area contributed by atoms with Gasteiger partial charge in [0.25, 0.3) is 0 Å². The van der Waals surface area contributed by atoms with Crippen LogP contribution in [0.3, 0.4) is 0 Å². The summed E-state index contributed by atoms with van der Waals surface area (Å²) in [5, 5.41) is 6.00. The molecule has 0 fully saturated rings. The van der Waals surface area contributed by atoms with Gasteiger partial charge >= 0.3 is 0 Å². The molecule has 9 aromatic rings. The second-order valence-electron chi connectivity index (χ2n) is 12.4. The van der Waals surface area contributed by atoms with Crippen molar-refractivity contribution < 1.29 is 4.42 Å². The van der Waals surface area contributed by atoms with Crippen molar-refractivity contribution in [3.05, 3.63) is 145 Å². The van der Waals surface area contributed by atoms with Crippen LogP contribution in [-0.2, 0) is 0 Å². The van der Waals surface area contributed by atoms with E-state index in [4.69, 9.17) is 9.40 Å². The molecule has 0 N–H and O–H groups in total. The van der Waals surface area contributed by atoms with Crippen LogP contribution in [0.2, 0.25) is 0 Å². The molecule has 0 saturated heterocycles. The van der Waals surface area contributed by atoms with Gasteiger partial charge in [-0.05, 0) is 72.0 Å². The minimum atomic E-state index is 0.486. The van der Waals surface area contributed by atoms with Gasteiger partial charge in [-0.1, -0.05) is 91.9 Å². The summed E-state index contributed by atoms with van der Waals surface area (Å²) in [5.74, 6) is 1.39. The number of furan rings is 1. The minimum Gasteiger partial charge on any atom is -0.455 e. The molecular formula is C42H29N3O. The fourth-order valence-corrected chi connectivity index (χ4v) is 7.75. The van der Waals surface area contributed by atoms with Crippen LogP contribution < -0.4 is 0 Å². The molecule has 0 radical (unpaired) electrons. The molecule has 218 valence electrons. The van der Waals surface area contributed by atoms with Crippen LogP contribution in [0, 0.1) is 0 Å². The summed E-state index contributed by atoms with van der Waals surface area (Å²) in [6, 6.07) is 43.1. The topological polar surface area (TPSA) is 35.9 Å². The van der Waals surface area contributed by atoms with Gasteiger partial charge in [0.15, 0.2) is 0 Å². The molecule has 0 saturated carbocycles. The highest BCUT2D eigenvalue weighted by Gasteiger charge is 2.23. The van der Waals surface area contributed by atoms with Gasteiger partial charge < -0.3 is 8.98 Å². The number of benzene rings is 5. The highest BCUT2D eigenvalue weighted by molar-refractivity contribution is 6.13. The molecule has 5 aromatic carbocycles. The van der Waals surface area contributed by atoms with Gasteiger partial charge in [0, 0.05) is 32.5 Å². The summed E-state index contributed by atoms with van der Waals surface area (Å²) in [5.41, 5.74) is 11.3. The van der Waals surface area contributed by atoms with E-state index >= 15 is 0 Å². The maximum atomic E-state index is 6.40. The average Bonchev–Trinajstić information content (AvgIpc) is 3.76. The molecule has 4 nitrogen and oxygen atoms in total. The predicted molar refractivity (Wildman–Crippen MR) is 190 cm³/mol. The summed E-state index contributed by atoms with van der Waals surface area (Å²) < 4.78 is 11.0. The third kappa shape index (κ3) is 3.52. The van der Waals surface area contributed by atoms with Crippen LogP contribution in [0.25, 0.3) is 83.4 Å². The van der Waals surface area contributed by atoms with Crippen LogP contribution in [-0.4, -0.2) is 14.1 Å². The Morgan fingerprint density at radius 3 is 2.24 bits per heavy atom. The Labute approximate surface area is 265 Å². The Balaban J connectivity index is 1.13. The first-order valence-corrected chi connectivity index (χ1v) is 15.9. The van der Waals surface area contributed by atoms with E-state index in [1.54, 1.807) is 0 Å². The van der Waals surface area contributed by atoms with Crippen molar-refractivity contribution in [1.82, 2.24) is 14.1 Å². The van der Waals surface area contributed by atoms with E-state index in [-0.39, 0.29) is 0 Å². The summed E-state index contributed by atoms with van der Waals surface area (Å²) in [4.78, 5) is 5.10. The van der Waals surface area contributed by atoms with Crippen LogP contribution in [0.4, 0.5) is 0 Å². The van der Waals surface area contributed by atoms with Crippen molar-refractivity contribution in [3.63, 3.8) is 0 Å². The van der Waals surface area contributed by atoms with Crippen molar-refractivity contribution in [3.8, 4) is 22.6 Å². The molecule has 10 rings (SSSR count). The maximum absolute atomic E-state index is 6.40. The number of fused-ring (bicyclic) bond motifs is 9. The number of hydrogen-bond acceptors (Lipinski definition) is 2. The second-order valence-corrected chi connectivity index (χ2v) is 12.4. The van der Waals surface area contributed by atoms with E-state index in [2.05, 4.69) is 137 Å². The number of pyridine rings is 1. The lowest BCUT2D eigenvalue weighted by Crippen LogP contribution is -2.04. The van der Waals surface area contributed by atoms with E-state index < -0.39 is 0 Å². The Morgan fingerprint density at radius 2 is 1.39 bits per heavy atom. The van der Waals surface area contributed by atoms with Crippen LogP contribution >= 0.6 is 0 Å². The Bertz CT molecular complexity index is 2680. The molecule has 4 heteroatoms. The SMILES string of the molecule is CC1CC=Cc2c1c1ccccc1n2-c1ccc(-n2c3ccccc3c3cc(-c4cccc5c4oc4ccccc45)ccc32)nc1. The quantitative estimate of drug-likeness (QED) is 0.205. The zero-order valence-electron chi connectivity index (χ0n) is 25.3. The van der Waals surface area contributed by atoms with Crippen molar-refractivity contribution in [2.45, 2.75) is 19.3 Å². The molecule has 0 aliphatic heterocycles. The smallest absolute Gasteiger partial charge is 0.143 e. The molecule has 1 aliphatic carbocycles. The summed E-state index contributed by atoms with van der Waals surface area (Å²) >= 11 is 0. The molecule has 0 bridgehead atoms. The van der Waals surface area contributed by atoms with Gasteiger partial charge in [0.1, 0.15) is 17.0 Å². The Morgan fingerprint density at radius 1 is 0.652 bits per heavy atom.